The number of hydrogen-bond acceptors (Lipinski definition) is 6. The van der Waals surface area contributed by atoms with E-state index in [2.05, 4.69) is 10.3 Å². The highest BCUT2D eigenvalue weighted by Gasteiger charge is 2.41. The van der Waals surface area contributed by atoms with Gasteiger partial charge in [0.1, 0.15) is 0 Å². The third-order valence-electron chi connectivity index (χ3n) is 0.779. The molecule has 72 valence electrons. The van der Waals surface area contributed by atoms with Crippen LogP contribution in [-0.2, 0) is 13.9 Å². The van der Waals surface area contributed by atoms with Gasteiger partial charge in [0.15, 0.2) is 0 Å². The molecule has 0 aliphatic heterocycles. The Morgan fingerprint density at radius 3 is 2.25 bits per heavy atom. The highest BCUT2D eigenvalue weighted by molar-refractivity contribution is 7.52. The molecule has 1 unspecified atom stereocenters. The number of aliphatic hydroxyl groups is 2. The highest BCUT2D eigenvalue weighted by atomic mass is 31.2. The SMILES string of the molecule is NCP(=O)(O)OC(O)(O)C(=O)O. The van der Waals surface area contributed by atoms with E-state index in [9.17, 15) is 9.36 Å². The molecule has 0 saturated carbocycles. The predicted octanol–water partition coefficient (Wildman–Crippen LogP) is -2.17. The topological polar surface area (TPSA) is 150 Å². The second kappa shape index (κ2) is 3.48. The van der Waals surface area contributed by atoms with Gasteiger partial charge in [-0.25, -0.2) is 9.32 Å². The number of carboxylic acid groups (broad SMARTS) is 1. The van der Waals surface area contributed by atoms with Crippen LogP contribution in [0.4, 0.5) is 0 Å². The third-order valence-corrected chi connectivity index (χ3v) is 1.78. The molecule has 0 aliphatic carbocycles. The van der Waals surface area contributed by atoms with Gasteiger partial charge in [0, 0.05) is 0 Å². The van der Waals surface area contributed by atoms with Crippen LogP contribution in [0.25, 0.3) is 0 Å². The summed E-state index contributed by atoms with van der Waals surface area (Å²) in [5.41, 5.74) is 4.66. The first kappa shape index (κ1) is 11.5. The second-order valence-corrected chi connectivity index (χ2v) is 3.65. The number of aliphatic carboxylic acids is 1. The molecule has 0 rings (SSSR count). The first-order valence-corrected chi connectivity index (χ1v) is 4.38. The summed E-state index contributed by atoms with van der Waals surface area (Å²) < 4.78 is 14.1. The van der Waals surface area contributed by atoms with Crippen LogP contribution in [0, 0.1) is 0 Å². The van der Waals surface area contributed by atoms with Gasteiger partial charge in [-0.1, -0.05) is 0 Å². The Labute approximate surface area is 66.7 Å². The summed E-state index contributed by atoms with van der Waals surface area (Å²) >= 11 is 0. The summed E-state index contributed by atoms with van der Waals surface area (Å²) in [6, 6.07) is 0. The Balaban J connectivity index is 4.45. The van der Waals surface area contributed by atoms with Crippen molar-refractivity contribution in [2.75, 3.05) is 6.29 Å². The fourth-order valence-electron chi connectivity index (χ4n) is 0.275. The number of carbonyl (C=O) groups is 1. The zero-order valence-corrected chi connectivity index (χ0v) is 6.64. The molecule has 12 heavy (non-hydrogen) atoms. The molecule has 0 bridgehead atoms. The second-order valence-electron chi connectivity index (χ2n) is 1.82. The maximum Gasteiger partial charge on any atom is 0.395 e. The van der Waals surface area contributed by atoms with Crippen molar-refractivity contribution in [1.29, 1.82) is 0 Å². The number of carboxylic acids is 1. The van der Waals surface area contributed by atoms with Gasteiger partial charge in [0.25, 0.3) is 0 Å². The van der Waals surface area contributed by atoms with Crippen molar-refractivity contribution in [2.24, 2.45) is 5.73 Å². The molecule has 0 amide bonds. The van der Waals surface area contributed by atoms with Crippen molar-refractivity contribution in [3.63, 3.8) is 0 Å². The lowest BCUT2D eigenvalue weighted by molar-refractivity contribution is -0.287. The molecule has 8 nitrogen and oxygen atoms in total. The largest absolute Gasteiger partial charge is 0.475 e. The van der Waals surface area contributed by atoms with E-state index in [1.54, 1.807) is 0 Å². The highest BCUT2D eigenvalue weighted by Crippen LogP contribution is 2.42. The summed E-state index contributed by atoms with van der Waals surface area (Å²) in [6.07, 6.45) is -0.914. The minimum absolute atomic E-state index is 0.914. The van der Waals surface area contributed by atoms with E-state index in [0.29, 0.717) is 0 Å². The van der Waals surface area contributed by atoms with Gasteiger partial charge in [-0.05, 0) is 0 Å². The molecular formula is C3H8NO7P. The molecule has 0 aromatic rings. The fraction of sp³-hybridized carbons (Fsp3) is 0.667. The Morgan fingerprint density at radius 2 is 2.00 bits per heavy atom. The Bertz CT molecular complexity index is 225. The Morgan fingerprint density at radius 1 is 1.58 bits per heavy atom. The number of hydrogen-bond donors (Lipinski definition) is 5. The van der Waals surface area contributed by atoms with E-state index in [-0.39, 0.29) is 0 Å². The lowest BCUT2D eigenvalue weighted by atomic mass is 10.6. The number of rotatable bonds is 4. The van der Waals surface area contributed by atoms with Crippen LogP contribution in [0.5, 0.6) is 0 Å². The van der Waals surface area contributed by atoms with Crippen molar-refractivity contribution in [3.8, 4) is 0 Å². The maximum atomic E-state index is 10.5. The van der Waals surface area contributed by atoms with E-state index in [1.165, 1.54) is 0 Å². The van der Waals surface area contributed by atoms with Crippen LogP contribution >= 0.6 is 7.60 Å². The lowest BCUT2D eigenvalue weighted by Crippen LogP contribution is -2.40. The van der Waals surface area contributed by atoms with Crippen LogP contribution in [-0.4, -0.2) is 38.4 Å². The van der Waals surface area contributed by atoms with Crippen LogP contribution < -0.4 is 5.73 Å². The summed E-state index contributed by atoms with van der Waals surface area (Å²) in [4.78, 5) is 18.4. The monoisotopic (exact) mass is 201 g/mol. The Kier molecular flexibility index (Phi) is 3.34. The summed E-state index contributed by atoms with van der Waals surface area (Å²) in [6.45, 7) is 0. The summed E-state index contributed by atoms with van der Waals surface area (Å²) in [5, 5.41) is 24.8. The maximum absolute atomic E-state index is 10.5. The molecular weight excluding hydrogens is 193 g/mol. The molecule has 0 saturated heterocycles. The lowest BCUT2D eigenvalue weighted by Gasteiger charge is -2.18. The van der Waals surface area contributed by atoms with Gasteiger partial charge in [-0.3, -0.25) is 4.57 Å². The molecule has 6 N–H and O–H groups in total. The summed E-state index contributed by atoms with van der Waals surface area (Å²) in [5.74, 6) is -5.89. The average Bonchev–Trinajstić information content (AvgIpc) is 1.85. The minimum atomic E-state index is -4.45. The van der Waals surface area contributed by atoms with Gasteiger partial charge in [0.2, 0.25) is 0 Å². The van der Waals surface area contributed by atoms with Crippen molar-refractivity contribution < 1.29 is 34.1 Å². The standard InChI is InChI=1S/C3H8NO7P/c4-1-12(9,10)11-3(7,8)2(5)6/h7-8H,1,4H2,(H,5,6)(H,9,10). The van der Waals surface area contributed by atoms with Crippen LogP contribution in [0.1, 0.15) is 0 Å². The smallest absolute Gasteiger partial charge is 0.395 e. The van der Waals surface area contributed by atoms with Crippen molar-refractivity contribution >= 4 is 13.6 Å². The zero-order chi connectivity index (χ0) is 9.99. The van der Waals surface area contributed by atoms with E-state index in [4.69, 9.17) is 20.2 Å². The van der Waals surface area contributed by atoms with E-state index in [1.807, 2.05) is 0 Å². The molecule has 0 fully saturated rings. The fourth-order valence-corrected chi connectivity index (χ4v) is 0.826. The molecule has 1 atom stereocenters. The molecule has 0 aromatic carbocycles. The van der Waals surface area contributed by atoms with Gasteiger partial charge in [0.05, 0.1) is 6.29 Å². The minimum Gasteiger partial charge on any atom is -0.475 e. The van der Waals surface area contributed by atoms with Crippen molar-refractivity contribution in [1.82, 2.24) is 0 Å². The van der Waals surface area contributed by atoms with Gasteiger partial charge in [-0.2, -0.15) is 0 Å². The average molecular weight is 201 g/mol. The van der Waals surface area contributed by atoms with Crippen molar-refractivity contribution in [3.05, 3.63) is 0 Å². The van der Waals surface area contributed by atoms with Crippen LogP contribution in [0.3, 0.4) is 0 Å². The van der Waals surface area contributed by atoms with E-state index >= 15 is 0 Å². The van der Waals surface area contributed by atoms with Crippen molar-refractivity contribution in [2.45, 2.75) is 5.97 Å². The summed E-state index contributed by atoms with van der Waals surface area (Å²) in [7, 11) is -4.45. The molecule has 0 aromatic heterocycles. The van der Waals surface area contributed by atoms with Gasteiger partial charge in [-0.15, -0.1) is 0 Å². The first-order chi connectivity index (χ1) is 5.21. The van der Waals surface area contributed by atoms with E-state index < -0.39 is 25.8 Å². The van der Waals surface area contributed by atoms with Gasteiger partial charge < -0.3 is 25.9 Å². The molecule has 0 radical (unpaired) electrons. The zero-order valence-electron chi connectivity index (χ0n) is 5.75. The Hall–Kier alpha value is -0.500. The quantitative estimate of drug-likeness (QED) is 0.254. The molecule has 0 heterocycles. The van der Waals surface area contributed by atoms with Crippen LogP contribution in [0.2, 0.25) is 0 Å². The molecule has 0 aliphatic rings. The van der Waals surface area contributed by atoms with E-state index in [0.717, 1.165) is 0 Å². The first-order valence-electron chi connectivity index (χ1n) is 2.62. The number of nitrogens with two attached hydrogens (primary N) is 1. The normalized spacial score (nSPS) is 17.0. The molecule has 0 spiro atoms. The molecule has 9 heteroatoms. The van der Waals surface area contributed by atoms with Gasteiger partial charge >= 0.3 is 19.5 Å². The predicted molar refractivity (Wildman–Crippen MR) is 34.8 cm³/mol. The third kappa shape index (κ3) is 3.26. The van der Waals surface area contributed by atoms with Crippen LogP contribution in [0.15, 0.2) is 0 Å².